The number of amides is 1. The highest BCUT2D eigenvalue weighted by molar-refractivity contribution is 5.87. The van der Waals surface area contributed by atoms with Crippen LogP contribution in [0.1, 0.15) is 46.0 Å². The summed E-state index contributed by atoms with van der Waals surface area (Å²) in [6.45, 7) is 5.55. The van der Waals surface area contributed by atoms with Crippen molar-refractivity contribution in [3.05, 3.63) is 11.6 Å². The SMILES string of the molecule is CCCC1CCN([C@@H]2C=C(C(=O)O)C[C@H](N)[C@H]2NC(C)=O)CC1. The van der Waals surface area contributed by atoms with Crippen LogP contribution in [-0.4, -0.2) is 53.1 Å². The number of carbonyl (C=O) groups excluding carboxylic acids is 1. The molecule has 130 valence electrons. The molecule has 1 fully saturated rings. The summed E-state index contributed by atoms with van der Waals surface area (Å²) in [4.78, 5) is 25.2. The van der Waals surface area contributed by atoms with Crippen LogP contribution in [0.25, 0.3) is 0 Å². The fourth-order valence-corrected chi connectivity index (χ4v) is 3.88. The summed E-state index contributed by atoms with van der Waals surface area (Å²) >= 11 is 0. The van der Waals surface area contributed by atoms with Gasteiger partial charge in [0, 0.05) is 18.5 Å². The lowest BCUT2D eigenvalue weighted by Gasteiger charge is -2.44. The number of nitrogens with two attached hydrogens (primary N) is 1. The molecule has 0 radical (unpaired) electrons. The van der Waals surface area contributed by atoms with Crippen molar-refractivity contribution >= 4 is 11.9 Å². The molecule has 2 rings (SSSR count). The average Bonchev–Trinajstić information content (AvgIpc) is 2.49. The highest BCUT2D eigenvalue weighted by Gasteiger charge is 2.37. The molecule has 0 spiro atoms. The Morgan fingerprint density at radius 1 is 1.39 bits per heavy atom. The van der Waals surface area contributed by atoms with Crippen molar-refractivity contribution in [1.82, 2.24) is 10.2 Å². The fourth-order valence-electron chi connectivity index (χ4n) is 3.88. The van der Waals surface area contributed by atoms with Crippen LogP contribution in [0.3, 0.4) is 0 Å². The van der Waals surface area contributed by atoms with E-state index in [1.54, 1.807) is 6.08 Å². The number of piperidine rings is 1. The molecule has 1 saturated heterocycles. The molecular formula is C17H29N3O3. The zero-order valence-electron chi connectivity index (χ0n) is 14.1. The Morgan fingerprint density at radius 2 is 2.04 bits per heavy atom. The van der Waals surface area contributed by atoms with E-state index in [4.69, 9.17) is 5.73 Å². The van der Waals surface area contributed by atoms with Crippen LogP contribution in [0, 0.1) is 5.92 Å². The van der Waals surface area contributed by atoms with Crippen molar-refractivity contribution in [2.24, 2.45) is 11.7 Å². The maximum atomic E-state index is 11.5. The zero-order valence-corrected chi connectivity index (χ0v) is 14.1. The molecule has 1 aliphatic carbocycles. The molecule has 0 saturated carbocycles. The van der Waals surface area contributed by atoms with Gasteiger partial charge in [-0.3, -0.25) is 9.69 Å². The Bertz CT molecular complexity index is 470. The largest absolute Gasteiger partial charge is 0.478 e. The second kappa shape index (κ2) is 7.93. The molecule has 1 aliphatic heterocycles. The highest BCUT2D eigenvalue weighted by Crippen LogP contribution is 2.28. The van der Waals surface area contributed by atoms with Gasteiger partial charge in [0.1, 0.15) is 0 Å². The number of likely N-dealkylation sites (tertiary alicyclic amines) is 1. The quantitative estimate of drug-likeness (QED) is 0.704. The van der Waals surface area contributed by atoms with E-state index in [1.807, 2.05) is 0 Å². The summed E-state index contributed by atoms with van der Waals surface area (Å²) < 4.78 is 0. The lowest BCUT2D eigenvalue weighted by atomic mass is 9.84. The van der Waals surface area contributed by atoms with Gasteiger partial charge in [-0.1, -0.05) is 25.8 Å². The predicted molar refractivity (Wildman–Crippen MR) is 88.9 cm³/mol. The maximum Gasteiger partial charge on any atom is 0.331 e. The molecule has 0 aromatic heterocycles. The van der Waals surface area contributed by atoms with Crippen LogP contribution in [-0.2, 0) is 9.59 Å². The van der Waals surface area contributed by atoms with Crippen LogP contribution in [0.15, 0.2) is 11.6 Å². The molecule has 0 bridgehead atoms. The summed E-state index contributed by atoms with van der Waals surface area (Å²) in [7, 11) is 0. The third-order valence-corrected chi connectivity index (χ3v) is 5.07. The van der Waals surface area contributed by atoms with Crippen LogP contribution < -0.4 is 11.1 Å². The van der Waals surface area contributed by atoms with Crippen molar-refractivity contribution in [2.75, 3.05) is 13.1 Å². The summed E-state index contributed by atoms with van der Waals surface area (Å²) in [6, 6.07) is -0.719. The van der Waals surface area contributed by atoms with Gasteiger partial charge >= 0.3 is 5.97 Å². The van der Waals surface area contributed by atoms with Gasteiger partial charge in [0.2, 0.25) is 5.91 Å². The van der Waals surface area contributed by atoms with Crippen molar-refractivity contribution in [3.63, 3.8) is 0 Å². The number of carbonyl (C=O) groups is 2. The Morgan fingerprint density at radius 3 is 2.57 bits per heavy atom. The number of carboxylic acids is 1. The Hall–Kier alpha value is -1.40. The first kappa shape index (κ1) is 17.9. The van der Waals surface area contributed by atoms with Crippen molar-refractivity contribution < 1.29 is 14.7 Å². The smallest absolute Gasteiger partial charge is 0.331 e. The fraction of sp³-hybridized carbons (Fsp3) is 0.765. The molecule has 0 aromatic rings. The molecule has 1 heterocycles. The molecule has 23 heavy (non-hydrogen) atoms. The highest BCUT2D eigenvalue weighted by atomic mass is 16.4. The minimum atomic E-state index is -0.910. The number of hydrogen-bond acceptors (Lipinski definition) is 4. The number of aliphatic carboxylic acids is 1. The van der Waals surface area contributed by atoms with E-state index >= 15 is 0 Å². The Labute approximate surface area is 138 Å². The second-order valence-corrected chi connectivity index (χ2v) is 6.85. The van der Waals surface area contributed by atoms with Gasteiger partial charge in [0.15, 0.2) is 0 Å². The van der Waals surface area contributed by atoms with E-state index in [-0.39, 0.29) is 24.0 Å². The van der Waals surface area contributed by atoms with E-state index in [2.05, 4.69) is 17.1 Å². The maximum absolute atomic E-state index is 11.5. The third kappa shape index (κ3) is 4.54. The lowest BCUT2D eigenvalue weighted by Crippen LogP contribution is -2.61. The van der Waals surface area contributed by atoms with Gasteiger partial charge in [-0.15, -0.1) is 0 Å². The molecule has 3 atom stereocenters. The summed E-state index contributed by atoms with van der Waals surface area (Å²) in [6.07, 6.45) is 6.81. The van der Waals surface area contributed by atoms with Crippen molar-refractivity contribution in [3.8, 4) is 0 Å². The number of rotatable bonds is 5. The topological polar surface area (TPSA) is 95.7 Å². The van der Waals surface area contributed by atoms with E-state index in [9.17, 15) is 14.7 Å². The van der Waals surface area contributed by atoms with Gasteiger partial charge < -0.3 is 16.2 Å². The summed E-state index contributed by atoms with van der Waals surface area (Å²) in [5.74, 6) is -0.272. The van der Waals surface area contributed by atoms with Crippen LogP contribution >= 0.6 is 0 Å². The van der Waals surface area contributed by atoms with E-state index in [0.29, 0.717) is 12.0 Å². The number of hydrogen-bond donors (Lipinski definition) is 3. The summed E-state index contributed by atoms with van der Waals surface area (Å²) in [5, 5.41) is 12.3. The van der Waals surface area contributed by atoms with Gasteiger partial charge in [-0.2, -0.15) is 0 Å². The molecule has 6 nitrogen and oxygen atoms in total. The minimum Gasteiger partial charge on any atom is -0.478 e. The van der Waals surface area contributed by atoms with Crippen molar-refractivity contribution in [1.29, 1.82) is 0 Å². The molecule has 6 heteroatoms. The average molecular weight is 323 g/mol. The third-order valence-electron chi connectivity index (χ3n) is 5.07. The minimum absolute atomic E-state index is 0.122. The standard InChI is InChI=1S/C17H29N3O3/c1-3-4-12-5-7-20(8-6-12)15-10-13(17(22)23)9-14(18)16(15)19-11(2)21/h10,12,14-16H,3-9,18H2,1-2H3,(H,19,21)(H,22,23)/t14-,15+,16+/m0/s1. The Kier molecular flexibility index (Phi) is 6.18. The first-order chi connectivity index (χ1) is 10.9. The van der Waals surface area contributed by atoms with Gasteiger partial charge in [-0.25, -0.2) is 4.79 Å². The summed E-state index contributed by atoms with van der Waals surface area (Å²) in [5.41, 5.74) is 6.54. The first-order valence-corrected chi connectivity index (χ1v) is 8.63. The first-order valence-electron chi connectivity index (χ1n) is 8.63. The van der Waals surface area contributed by atoms with Gasteiger partial charge in [0.25, 0.3) is 0 Å². The predicted octanol–water partition coefficient (Wildman–Crippen LogP) is 1.11. The molecule has 0 unspecified atom stereocenters. The molecular weight excluding hydrogens is 294 g/mol. The van der Waals surface area contributed by atoms with E-state index in [1.165, 1.54) is 19.8 Å². The second-order valence-electron chi connectivity index (χ2n) is 6.85. The van der Waals surface area contributed by atoms with Crippen LogP contribution in [0.5, 0.6) is 0 Å². The molecule has 1 amide bonds. The lowest BCUT2D eigenvalue weighted by molar-refractivity contribution is -0.133. The van der Waals surface area contributed by atoms with Gasteiger partial charge in [-0.05, 0) is 38.3 Å². The number of carboxylic acid groups (broad SMARTS) is 1. The van der Waals surface area contributed by atoms with E-state index in [0.717, 1.165) is 31.8 Å². The molecule has 0 aromatic carbocycles. The number of nitrogens with zero attached hydrogens (tertiary/aromatic N) is 1. The van der Waals surface area contributed by atoms with E-state index < -0.39 is 5.97 Å². The zero-order chi connectivity index (χ0) is 17.0. The van der Waals surface area contributed by atoms with Crippen LogP contribution in [0.2, 0.25) is 0 Å². The Balaban J connectivity index is 2.14. The van der Waals surface area contributed by atoms with Crippen LogP contribution in [0.4, 0.5) is 0 Å². The number of nitrogens with one attached hydrogen (secondary N) is 1. The molecule has 2 aliphatic rings. The van der Waals surface area contributed by atoms with Crippen molar-refractivity contribution in [2.45, 2.75) is 64.1 Å². The monoisotopic (exact) mass is 323 g/mol. The van der Waals surface area contributed by atoms with Gasteiger partial charge in [0.05, 0.1) is 12.1 Å². The normalized spacial score (nSPS) is 29.9. The molecule has 4 N–H and O–H groups in total.